The van der Waals surface area contributed by atoms with E-state index in [1.54, 1.807) is 0 Å². The van der Waals surface area contributed by atoms with Crippen molar-refractivity contribution in [2.45, 2.75) is 38.8 Å². The standard InChI is InChI=1S/C16H26N4O3S/c1-12-16(17)20-14-10-13(6-7-15(14)23-12)11-18-8-4-3-5-9-19-24(2,21)22/h6-7,10,12,18-19H,3-5,8-9,11H2,1-2H3,(H2,17,20). The largest absolute Gasteiger partial charge is 0.481 e. The molecule has 4 N–H and O–H groups in total. The van der Waals surface area contributed by atoms with Gasteiger partial charge in [0.15, 0.2) is 6.10 Å². The fraction of sp³-hybridized carbons (Fsp3) is 0.562. The van der Waals surface area contributed by atoms with E-state index in [0.717, 1.165) is 49.4 Å². The Morgan fingerprint density at radius 1 is 1.25 bits per heavy atom. The fourth-order valence-electron chi connectivity index (χ4n) is 2.38. The summed E-state index contributed by atoms with van der Waals surface area (Å²) in [4.78, 5) is 4.37. The molecule has 1 aromatic rings. The molecule has 1 atom stereocenters. The monoisotopic (exact) mass is 354 g/mol. The van der Waals surface area contributed by atoms with Crippen molar-refractivity contribution in [1.82, 2.24) is 10.0 Å². The second kappa shape index (κ2) is 8.46. The van der Waals surface area contributed by atoms with Gasteiger partial charge in [-0.25, -0.2) is 18.1 Å². The lowest BCUT2D eigenvalue weighted by molar-refractivity contribution is 0.281. The Kier molecular flexibility index (Phi) is 6.59. The second-order valence-electron chi connectivity index (χ2n) is 6.00. The predicted octanol–water partition coefficient (Wildman–Crippen LogP) is 1.27. The molecule has 8 heteroatoms. The molecule has 134 valence electrons. The van der Waals surface area contributed by atoms with Crippen LogP contribution in [0.3, 0.4) is 0 Å². The lowest BCUT2D eigenvalue weighted by Gasteiger charge is -2.21. The summed E-state index contributed by atoms with van der Waals surface area (Å²) in [5.41, 5.74) is 7.72. The molecule has 1 aliphatic rings. The van der Waals surface area contributed by atoms with Crippen LogP contribution in [0.2, 0.25) is 0 Å². The molecule has 0 aromatic heterocycles. The number of nitrogens with zero attached hydrogens (tertiary/aromatic N) is 1. The lowest BCUT2D eigenvalue weighted by atomic mass is 10.1. The van der Waals surface area contributed by atoms with Crippen molar-refractivity contribution < 1.29 is 13.2 Å². The number of rotatable bonds is 9. The van der Waals surface area contributed by atoms with E-state index in [9.17, 15) is 8.42 Å². The maximum Gasteiger partial charge on any atom is 0.208 e. The number of ether oxygens (including phenoxy) is 1. The van der Waals surface area contributed by atoms with Crippen molar-refractivity contribution in [3.63, 3.8) is 0 Å². The van der Waals surface area contributed by atoms with Crippen LogP contribution in [-0.2, 0) is 16.6 Å². The first-order chi connectivity index (χ1) is 11.3. The zero-order chi connectivity index (χ0) is 17.6. The molecule has 0 amide bonds. The van der Waals surface area contributed by atoms with Gasteiger partial charge >= 0.3 is 0 Å². The van der Waals surface area contributed by atoms with Crippen molar-refractivity contribution in [3.8, 4) is 5.75 Å². The Bertz CT molecular complexity index is 689. The van der Waals surface area contributed by atoms with E-state index in [1.165, 1.54) is 6.26 Å². The van der Waals surface area contributed by atoms with E-state index in [4.69, 9.17) is 10.5 Å². The third-order valence-corrected chi connectivity index (χ3v) is 4.45. The van der Waals surface area contributed by atoms with E-state index in [0.29, 0.717) is 12.4 Å². The third-order valence-electron chi connectivity index (χ3n) is 3.72. The van der Waals surface area contributed by atoms with Gasteiger partial charge in [-0.05, 0) is 44.0 Å². The minimum Gasteiger partial charge on any atom is -0.481 e. The molecule has 24 heavy (non-hydrogen) atoms. The number of benzene rings is 1. The average Bonchev–Trinajstić information content (AvgIpc) is 2.50. The Hall–Kier alpha value is -1.64. The topological polar surface area (TPSA) is 106 Å². The summed E-state index contributed by atoms with van der Waals surface area (Å²) in [7, 11) is -3.07. The molecule has 7 nitrogen and oxygen atoms in total. The highest BCUT2D eigenvalue weighted by atomic mass is 32.2. The fourth-order valence-corrected chi connectivity index (χ4v) is 2.90. The average molecular weight is 354 g/mol. The van der Waals surface area contributed by atoms with Gasteiger partial charge in [0.1, 0.15) is 17.3 Å². The highest BCUT2D eigenvalue weighted by Crippen LogP contribution is 2.32. The zero-order valence-electron chi connectivity index (χ0n) is 14.2. The van der Waals surface area contributed by atoms with Gasteiger partial charge in [0.2, 0.25) is 10.0 Å². The zero-order valence-corrected chi connectivity index (χ0v) is 15.0. The van der Waals surface area contributed by atoms with Gasteiger partial charge in [-0.2, -0.15) is 0 Å². The van der Waals surface area contributed by atoms with Crippen molar-refractivity contribution in [2.75, 3.05) is 19.3 Å². The first-order valence-corrected chi connectivity index (χ1v) is 10.0. The minimum atomic E-state index is -3.07. The molecule has 1 aromatic carbocycles. The summed E-state index contributed by atoms with van der Waals surface area (Å²) >= 11 is 0. The number of nitrogens with one attached hydrogen (secondary N) is 2. The quantitative estimate of drug-likeness (QED) is 0.579. The van der Waals surface area contributed by atoms with E-state index in [1.807, 2.05) is 25.1 Å². The lowest BCUT2D eigenvalue weighted by Crippen LogP contribution is -2.33. The van der Waals surface area contributed by atoms with Crippen molar-refractivity contribution in [3.05, 3.63) is 23.8 Å². The molecule has 2 rings (SSSR count). The van der Waals surface area contributed by atoms with E-state index in [-0.39, 0.29) is 6.10 Å². The van der Waals surface area contributed by atoms with Crippen LogP contribution >= 0.6 is 0 Å². The maximum absolute atomic E-state index is 10.9. The number of sulfonamides is 1. The van der Waals surface area contributed by atoms with E-state index in [2.05, 4.69) is 15.0 Å². The smallest absolute Gasteiger partial charge is 0.208 e. The van der Waals surface area contributed by atoms with Gasteiger partial charge < -0.3 is 15.8 Å². The molecule has 0 saturated heterocycles. The predicted molar refractivity (Wildman–Crippen MR) is 96.2 cm³/mol. The van der Waals surface area contributed by atoms with E-state index < -0.39 is 10.0 Å². The van der Waals surface area contributed by atoms with Gasteiger partial charge in [-0.1, -0.05) is 12.5 Å². The number of hydrogen-bond acceptors (Lipinski definition) is 6. The van der Waals surface area contributed by atoms with Crippen molar-refractivity contribution >= 4 is 21.5 Å². The van der Waals surface area contributed by atoms with Crippen LogP contribution in [0.15, 0.2) is 23.2 Å². The Balaban J connectivity index is 1.67. The Morgan fingerprint density at radius 3 is 2.75 bits per heavy atom. The molecule has 1 aliphatic heterocycles. The molecule has 0 spiro atoms. The van der Waals surface area contributed by atoms with Crippen LogP contribution in [-0.4, -0.2) is 39.7 Å². The number of fused-ring (bicyclic) bond motifs is 1. The van der Waals surface area contributed by atoms with Gasteiger partial charge in [0, 0.05) is 13.1 Å². The van der Waals surface area contributed by atoms with Crippen molar-refractivity contribution in [2.24, 2.45) is 10.7 Å². The number of nitrogens with two attached hydrogens (primary N) is 1. The first kappa shape index (κ1) is 18.7. The number of amidine groups is 1. The van der Waals surface area contributed by atoms with Gasteiger partial charge in [-0.15, -0.1) is 0 Å². The molecular weight excluding hydrogens is 328 g/mol. The summed E-state index contributed by atoms with van der Waals surface area (Å²) in [6.07, 6.45) is 3.82. The van der Waals surface area contributed by atoms with Crippen LogP contribution in [0.4, 0.5) is 5.69 Å². The van der Waals surface area contributed by atoms with Crippen LogP contribution in [0.1, 0.15) is 31.7 Å². The van der Waals surface area contributed by atoms with Gasteiger partial charge in [0.05, 0.1) is 6.26 Å². The van der Waals surface area contributed by atoms with Gasteiger partial charge in [-0.3, -0.25) is 0 Å². The molecule has 1 unspecified atom stereocenters. The molecule has 0 radical (unpaired) electrons. The minimum absolute atomic E-state index is 0.182. The summed E-state index contributed by atoms with van der Waals surface area (Å²) < 4.78 is 30.0. The van der Waals surface area contributed by atoms with Crippen LogP contribution < -0.4 is 20.5 Å². The van der Waals surface area contributed by atoms with Crippen molar-refractivity contribution in [1.29, 1.82) is 0 Å². The Labute approximate surface area is 143 Å². The third kappa shape index (κ3) is 6.10. The number of aliphatic imine (C=N–C) groups is 1. The molecule has 0 bridgehead atoms. The Morgan fingerprint density at radius 2 is 2.00 bits per heavy atom. The van der Waals surface area contributed by atoms with Gasteiger partial charge in [0.25, 0.3) is 0 Å². The van der Waals surface area contributed by atoms with Crippen LogP contribution in [0, 0.1) is 0 Å². The molecule has 1 heterocycles. The molecule has 0 fully saturated rings. The SMILES string of the molecule is CC1Oc2ccc(CNCCCCCNS(C)(=O)=O)cc2N=C1N. The highest BCUT2D eigenvalue weighted by Gasteiger charge is 2.17. The number of hydrogen-bond donors (Lipinski definition) is 3. The second-order valence-corrected chi connectivity index (χ2v) is 7.84. The van der Waals surface area contributed by atoms with Crippen LogP contribution in [0.25, 0.3) is 0 Å². The maximum atomic E-state index is 10.9. The molecular formula is C16H26N4O3S. The summed E-state index contributed by atoms with van der Waals surface area (Å²) in [5.74, 6) is 1.26. The summed E-state index contributed by atoms with van der Waals surface area (Å²) in [6, 6.07) is 5.93. The molecule has 0 aliphatic carbocycles. The first-order valence-electron chi connectivity index (χ1n) is 8.14. The summed E-state index contributed by atoms with van der Waals surface area (Å²) in [5, 5.41) is 3.38. The number of unbranched alkanes of at least 4 members (excludes halogenated alkanes) is 2. The van der Waals surface area contributed by atoms with E-state index >= 15 is 0 Å². The highest BCUT2D eigenvalue weighted by molar-refractivity contribution is 7.88. The normalized spacial score (nSPS) is 17.1. The van der Waals surface area contributed by atoms with Crippen LogP contribution in [0.5, 0.6) is 5.75 Å². The molecule has 0 saturated carbocycles. The summed E-state index contributed by atoms with van der Waals surface area (Å²) in [6.45, 7) is 4.01.